The molecule has 0 aromatic carbocycles. The van der Waals surface area contributed by atoms with E-state index in [1.165, 1.54) is 0 Å². The van der Waals surface area contributed by atoms with E-state index in [4.69, 9.17) is 0 Å². The quantitative estimate of drug-likeness (QED) is 0.652. The molecule has 3 nitrogen and oxygen atoms in total. The van der Waals surface area contributed by atoms with Gasteiger partial charge in [0.1, 0.15) is 0 Å². The van der Waals surface area contributed by atoms with Crippen LogP contribution in [0.15, 0.2) is 0 Å². The van der Waals surface area contributed by atoms with Gasteiger partial charge in [0.05, 0.1) is 12.2 Å². The summed E-state index contributed by atoms with van der Waals surface area (Å²) in [6, 6.07) is 0. The summed E-state index contributed by atoms with van der Waals surface area (Å²) in [7, 11) is 0. The molecule has 0 aromatic heterocycles. The molecule has 0 spiro atoms. The first-order valence-corrected chi connectivity index (χ1v) is 7.00. The van der Waals surface area contributed by atoms with E-state index in [1.54, 1.807) is 0 Å². The first kappa shape index (κ1) is 11.7. The highest BCUT2D eigenvalue weighted by molar-refractivity contribution is 7.99. The monoisotopic (exact) mass is 231 g/mol. The lowest BCUT2D eigenvalue weighted by atomic mass is 9.65. The molecule has 0 amide bonds. The van der Waals surface area contributed by atoms with E-state index in [1.807, 2.05) is 11.8 Å². The van der Waals surface area contributed by atoms with Crippen molar-refractivity contribution in [1.82, 2.24) is 5.32 Å². The zero-order chi connectivity index (χ0) is 10.8. The smallest absolute Gasteiger partial charge is 0.0816 e. The summed E-state index contributed by atoms with van der Waals surface area (Å²) >= 11 is 1.83. The second kappa shape index (κ2) is 4.62. The van der Waals surface area contributed by atoms with Crippen LogP contribution < -0.4 is 5.32 Å². The number of aliphatic hydroxyl groups is 2. The fourth-order valence-corrected chi connectivity index (χ4v) is 4.16. The van der Waals surface area contributed by atoms with Crippen molar-refractivity contribution in [3.8, 4) is 0 Å². The predicted molar refractivity (Wildman–Crippen MR) is 63.1 cm³/mol. The van der Waals surface area contributed by atoms with E-state index in [9.17, 15) is 10.2 Å². The van der Waals surface area contributed by atoms with Crippen molar-refractivity contribution < 1.29 is 10.2 Å². The second-order valence-electron chi connectivity index (χ2n) is 4.88. The molecule has 1 unspecified atom stereocenters. The fourth-order valence-electron chi connectivity index (χ4n) is 2.87. The first-order valence-electron chi connectivity index (χ1n) is 5.84. The first-order chi connectivity index (χ1) is 7.22. The van der Waals surface area contributed by atoms with E-state index >= 15 is 0 Å². The van der Waals surface area contributed by atoms with E-state index < -0.39 is 5.60 Å². The van der Waals surface area contributed by atoms with E-state index in [0.717, 1.165) is 50.3 Å². The van der Waals surface area contributed by atoms with Crippen molar-refractivity contribution in [3.05, 3.63) is 0 Å². The molecule has 2 fully saturated rings. The maximum absolute atomic E-state index is 10.7. The van der Waals surface area contributed by atoms with Crippen molar-refractivity contribution in [2.75, 3.05) is 31.2 Å². The van der Waals surface area contributed by atoms with Gasteiger partial charge in [0.25, 0.3) is 0 Å². The van der Waals surface area contributed by atoms with Crippen molar-refractivity contribution >= 4 is 11.8 Å². The Morgan fingerprint density at radius 3 is 2.47 bits per heavy atom. The SMILES string of the molecule is OCC1(C2(O)CCCSC2)CCNCC1. The summed E-state index contributed by atoms with van der Waals surface area (Å²) < 4.78 is 0. The third kappa shape index (κ3) is 2.05. The van der Waals surface area contributed by atoms with Crippen LogP contribution in [-0.2, 0) is 0 Å². The Kier molecular flexibility index (Phi) is 3.60. The van der Waals surface area contributed by atoms with Gasteiger partial charge in [-0.2, -0.15) is 11.8 Å². The number of thioether (sulfide) groups is 1. The maximum atomic E-state index is 10.7. The lowest BCUT2D eigenvalue weighted by Gasteiger charge is -2.50. The van der Waals surface area contributed by atoms with Gasteiger partial charge >= 0.3 is 0 Å². The molecule has 2 rings (SSSR count). The van der Waals surface area contributed by atoms with Crippen LogP contribution in [0.25, 0.3) is 0 Å². The molecular weight excluding hydrogens is 210 g/mol. The summed E-state index contributed by atoms with van der Waals surface area (Å²) in [5.41, 5.74) is -0.877. The van der Waals surface area contributed by atoms with Crippen LogP contribution in [0.3, 0.4) is 0 Å². The molecule has 88 valence electrons. The minimum absolute atomic E-state index is 0.131. The highest BCUT2D eigenvalue weighted by Crippen LogP contribution is 2.46. The Bertz CT molecular complexity index is 211. The maximum Gasteiger partial charge on any atom is 0.0816 e. The Hall–Kier alpha value is 0.230. The zero-order valence-corrected chi connectivity index (χ0v) is 9.98. The van der Waals surface area contributed by atoms with Gasteiger partial charge in [-0.15, -0.1) is 0 Å². The molecule has 2 heterocycles. The molecule has 0 bridgehead atoms. The highest BCUT2D eigenvalue weighted by atomic mass is 32.2. The standard InChI is InChI=1S/C11H21NO2S/c13-8-10(3-5-12-6-4-10)11(14)2-1-7-15-9-11/h12-14H,1-9H2. The Morgan fingerprint density at radius 1 is 1.20 bits per heavy atom. The summed E-state index contributed by atoms with van der Waals surface area (Å²) in [4.78, 5) is 0. The van der Waals surface area contributed by atoms with E-state index in [2.05, 4.69) is 5.32 Å². The zero-order valence-electron chi connectivity index (χ0n) is 9.17. The number of aliphatic hydroxyl groups excluding tert-OH is 1. The van der Waals surface area contributed by atoms with Crippen LogP contribution in [0, 0.1) is 5.41 Å². The highest BCUT2D eigenvalue weighted by Gasteiger charge is 2.50. The molecule has 0 radical (unpaired) electrons. The van der Waals surface area contributed by atoms with Gasteiger partial charge in [-0.1, -0.05) is 0 Å². The molecule has 0 aromatic rings. The lowest BCUT2D eigenvalue weighted by Crippen LogP contribution is -2.58. The van der Waals surface area contributed by atoms with Crippen LogP contribution in [0.2, 0.25) is 0 Å². The third-order valence-electron chi connectivity index (χ3n) is 4.07. The van der Waals surface area contributed by atoms with Gasteiger partial charge in [0.15, 0.2) is 0 Å². The van der Waals surface area contributed by atoms with Gasteiger partial charge in [0, 0.05) is 11.2 Å². The van der Waals surface area contributed by atoms with E-state index in [0.29, 0.717) is 0 Å². The lowest BCUT2D eigenvalue weighted by molar-refractivity contribution is -0.115. The minimum atomic E-state index is -0.632. The summed E-state index contributed by atoms with van der Waals surface area (Å²) in [5, 5.41) is 23.7. The summed E-state index contributed by atoms with van der Waals surface area (Å²) in [6.45, 7) is 1.98. The Labute approximate surface area is 95.6 Å². The van der Waals surface area contributed by atoms with Crippen molar-refractivity contribution in [2.45, 2.75) is 31.3 Å². The molecule has 0 aliphatic carbocycles. The summed E-state index contributed by atoms with van der Waals surface area (Å²) in [5.74, 6) is 1.95. The number of piperidine rings is 1. The van der Waals surface area contributed by atoms with Crippen LogP contribution in [0.5, 0.6) is 0 Å². The average Bonchev–Trinajstić information content (AvgIpc) is 2.31. The van der Waals surface area contributed by atoms with E-state index in [-0.39, 0.29) is 12.0 Å². The number of hydrogen-bond donors (Lipinski definition) is 3. The van der Waals surface area contributed by atoms with Crippen LogP contribution in [-0.4, -0.2) is 47.0 Å². The van der Waals surface area contributed by atoms with Crippen LogP contribution in [0.1, 0.15) is 25.7 Å². The van der Waals surface area contributed by atoms with Gasteiger partial charge in [0.2, 0.25) is 0 Å². The van der Waals surface area contributed by atoms with Crippen LogP contribution in [0.4, 0.5) is 0 Å². The second-order valence-corrected chi connectivity index (χ2v) is 5.98. The number of rotatable bonds is 2. The number of hydrogen-bond acceptors (Lipinski definition) is 4. The van der Waals surface area contributed by atoms with Crippen molar-refractivity contribution in [1.29, 1.82) is 0 Å². The average molecular weight is 231 g/mol. The molecule has 2 aliphatic heterocycles. The molecule has 2 saturated heterocycles. The van der Waals surface area contributed by atoms with Crippen molar-refractivity contribution in [3.63, 3.8) is 0 Å². The van der Waals surface area contributed by atoms with Gasteiger partial charge in [-0.25, -0.2) is 0 Å². The molecule has 15 heavy (non-hydrogen) atoms. The molecule has 0 saturated carbocycles. The van der Waals surface area contributed by atoms with Crippen molar-refractivity contribution in [2.24, 2.45) is 5.41 Å². The molecule has 1 atom stereocenters. The molecular formula is C11H21NO2S. The Morgan fingerprint density at radius 2 is 1.93 bits per heavy atom. The number of nitrogens with one attached hydrogen (secondary N) is 1. The van der Waals surface area contributed by atoms with Gasteiger partial charge in [-0.3, -0.25) is 0 Å². The topological polar surface area (TPSA) is 52.5 Å². The minimum Gasteiger partial charge on any atom is -0.396 e. The Balaban J connectivity index is 2.15. The molecule has 2 aliphatic rings. The fraction of sp³-hybridized carbons (Fsp3) is 1.00. The third-order valence-corrected chi connectivity index (χ3v) is 5.33. The normalized spacial score (nSPS) is 36.4. The predicted octanol–water partition coefficient (Wildman–Crippen LogP) is 0.607. The van der Waals surface area contributed by atoms with Crippen LogP contribution >= 0.6 is 11.8 Å². The summed E-state index contributed by atoms with van der Waals surface area (Å²) in [6.07, 6.45) is 3.75. The molecule has 3 N–H and O–H groups in total. The molecule has 4 heteroatoms. The van der Waals surface area contributed by atoms with Gasteiger partial charge in [-0.05, 0) is 44.5 Å². The van der Waals surface area contributed by atoms with Gasteiger partial charge < -0.3 is 15.5 Å². The largest absolute Gasteiger partial charge is 0.396 e.